The van der Waals surface area contributed by atoms with Crippen molar-refractivity contribution in [3.8, 4) is 0 Å². The molecule has 0 spiro atoms. The fourth-order valence-electron chi connectivity index (χ4n) is 1.79. The topological polar surface area (TPSA) is 23.9 Å². The van der Waals surface area contributed by atoms with Crippen LogP contribution in [-0.4, -0.2) is 5.71 Å². The molecular weight excluding hydrogens is 122 g/mol. The summed E-state index contributed by atoms with van der Waals surface area (Å²) in [4.78, 5) is 0. The summed E-state index contributed by atoms with van der Waals surface area (Å²) in [5.74, 6) is 0. The maximum Gasteiger partial charge on any atom is 0.0201 e. The van der Waals surface area contributed by atoms with Crippen LogP contribution in [-0.2, 0) is 0 Å². The zero-order chi connectivity index (χ0) is 7.99. The van der Waals surface area contributed by atoms with Gasteiger partial charge in [0.1, 0.15) is 0 Å². The van der Waals surface area contributed by atoms with Crippen LogP contribution < -0.4 is 0 Å². The molecule has 1 rings (SSSR count). The van der Waals surface area contributed by atoms with E-state index in [0.717, 1.165) is 5.71 Å². The highest BCUT2D eigenvalue weighted by molar-refractivity contribution is 5.93. The second kappa shape index (κ2) is 1.84. The molecule has 0 heterocycles. The molecule has 0 atom stereocenters. The molecule has 0 unspecified atom stereocenters. The lowest BCUT2D eigenvalue weighted by molar-refractivity contribution is 0.476. The van der Waals surface area contributed by atoms with Gasteiger partial charge in [-0.3, -0.25) is 0 Å². The third-order valence-corrected chi connectivity index (χ3v) is 2.73. The van der Waals surface area contributed by atoms with E-state index in [2.05, 4.69) is 27.7 Å². The molecule has 1 saturated carbocycles. The van der Waals surface area contributed by atoms with Crippen molar-refractivity contribution in [1.82, 2.24) is 0 Å². The van der Waals surface area contributed by atoms with Crippen LogP contribution in [0.1, 0.15) is 40.5 Å². The number of hydrogen-bond acceptors (Lipinski definition) is 1. The first-order valence-corrected chi connectivity index (χ1v) is 3.96. The van der Waals surface area contributed by atoms with Gasteiger partial charge in [0.05, 0.1) is 0 Å². The van der Waals surface area contributed by atoms with Crippen LogP contribution in [0, 0.1) is 16.2 Å². The average molecular weight is 139 g/mol. The van der Waals surface area contributed by atoms with E-state index in [-0.39, 0.29) is 10.8 Å². The maximum atomic E-state index is 7.85. The summed E-state index contributed by atoms with van der Waals surface area (Å²) in [6.07, 6.45) is 2.36. The Bertz CT molecular complexity index is 148. The average Bonchev–Trinajstić information content (AvgIpc) is 1.95. The van der Waals surface area contributed by atoms with E-state index in [1.165, 1.54) is 12.8 Å². The standard InChI is InChI=1S/C9H17N/c1-8(2)5-6-9(3,4)7(8)10/h10H,5-6H2,1-4H3. The molecule has 0 amide bonds. The van der Waals surface area contributed by atoms with Crippen molar-refractivity contribution in [2.45, 2.75) is 40.5 Å². The Hall–Kier alpha value is -0.330. The number of rotatable bonds is 0. The lowest BCUT2D eigenvalue weighted by Gasteiger charge is -2.23. The molecule has 0 aromatic carbocycles. The third-order valence-electron chi connectivity index (χ3n) is 2.73. The Morgan fingerprint density at radius 3 is 1.40 bits per heavy atom. The molecule has 1 nitrogen and oxygen atoms in total. The first-order chi connectivity index (χ1) is 4.36. The molecule has 0 bridgehead atoms. The van der Waals surface area contributed by atoms with Gasteiger partial charge >= 0.3 is 0 Å². The monoisotopic (exact) mass is 139 g/mol. The van der Waals surface area contributed by atoms with Crippen molar-refractivity contribution < 1.29 is 0 Å². The van der Waals surface area contributed by atoms with E-state index in [9.17, 15) is 0 Å². The Balaban J connectivity index is 2.88. The van der Waals surface area contributed by atoms with Gasteiger partial charge in [-0.15, -0.1) is 0 Å². The van der Waals surface area contributed by atoms with Gasteiger partial charge < -0.3 is 5.41 Å². The van der Waals surface area contributed by atoms with E-state index in [1.54, 1.807) is 0 Å². The third kappa shape index (κ3) is 0.979. The van der Waals surface area contributed by atoms with Gasteiger partial charge in [-0.25, -0.2) is 0 Å². The summed E-state index contributed by atoms with van der Waals surface area (Å²) in [6, 6.07) is 0. The van der Waals surface area contributed by atoms with Crippen LogP contribution in [0.4, 0.5) is 0 Å². The molecule has 0 saturated heterocycles. The molecule has 1 aliphatic rings. The normalized spacial score (nSPS) is 29.0. The maximum absolute atomic E-state index is 7.85. The molecule has 0 aromatic rings. The Morgan fingerprint density at radius 2 is 1.30 bits per heavy atom. The highest BCUT2D eigenvalue weighted by Gasteiger charge is 2.41. The van der Waals surface area contributed by atoms with Crippen molar-refractivity contribution in [3.63, 3.8) is 0 Å². The highest BCUT2D eigenvalue weighted by Crippen LogP contribution is 2.45. The van der Waals surface area contributed by atoms with Crippen molar-refractivity contribution in [1.29, 1.82) is 5.41 Å². The smallest absolute Gasteiger partial charge is 0.0201 e. The number of hydrogen-bond donors (Lipinski definition) is 1. The van der Waals surface area contributed by atoms with Gasteiger partial charge in [-0.2, -0.15) is 0 Å². The Labute approximate surface area is 63.3 Å². The van der Waals surface area contributed by atoms with Crippen LogP contribution in [0.15, 0.2) is 0 Å². The summed E-state index contributed by atoms with van der Waals surface area (Å²) in [5.41, 5.74) is 1.27. The summed E-state index contributed by atoms with van der Waals surface area (Å²) < 4.78 is 0. The zero-order valence-electron chi connectivity index (χ0n) is 7.41. The molecule has 0 radical (unpaired) electrons. The predicted octanol–water partition coefficient (Wildman–Crippen LogP) is 2.85. The fraction of sp³-hybridized carbons (Fsp3) is 0.889. The van der Waals surface area contributed by atoms with Crippen LogP contribution >= 0.6 is 0 Å². The Kier molecular flexibility index (Phi) is 1.43. The van der Waals surface area contributed by atoms with E-state index < -0.39 is 0 Å². The van der Waals surface area contributed by atoms with Crippen molar-refractivity contribution >= 4 is 5.71 Å². The van der Waals surface area contributed by atoms with Crippen molar-refractivity contribution in [2.24, 2.45) is 10.8 Å². The SMILES string of the molecule is CC1(C)CCC(C)(C)C1=N. The second-order valence-electron chi connectivity index (χ2n) is 4.64. The zero-order valence-corrected chi connectivity index (χ0v) is 7.41. The van der Waals surface area contributed by atoms with Crippen LogP contribution in [0.3, 0.4) is 0 Å². The molecule has 1 N–H and O–H groups in total. The molecule has 58 valence electrons. The van der Waals surface area contributed by atoms with Gasteiger partial charge in [-0.1, -0.05) is 27.7 Å². The fourth-order valence-corrected chi connectivity index (χ4v) is 1.79. The molecule has 1 heteroatoms. The highest BCUT2D eigenvalue weighted by atomic mass is 14.6. The lowest BCUT2D eigenvalue weighted by Crippen LogP contribution is -2.26. The molecular formula is C9H17N. The van der Waals surface area contributed by atoms with Crippen LogP contribution in [0.5, 0.6) is 0 Å². The largest absolute Gasteiger partial charge is 0.309 e. The van der Waals surface area contributed by atoms with Crippen molar-refractivity contribution in [3.05, 3.63) is 0 Å². The van der Waals surface area contributed by atoms with Crippen LogP contribution in [0.25, 0.3) is 0 Å². The minimum atomic E-state index is 0.170. The van der Waals surface area contributed by atoms with Gasteiger partial charge in [0.2, 0.25) is 0 Å². The van der Waals surface area contributed by atoms with Gasteiger partial charge in [0, 0.05) is 16.5 Å². The minimum Gasteiger partial charge on any atom is -0.309 e. The first-order valence-electron chi connectivity index (χ1n) is 3.96. The van der Waals surface area contributed by atoms with E-state index in [4.69, 9.17) is 5.41 Å². The molecule has 0 aliphatic heterocycles. The minimum absolute atomic E-state index is 0.170. The molecule has 1 fully saturated rings. The molecule has 0 aromatic heterocycles. The Morgan fingerprint density at radius 1 is 1.00 bits per heavy atom. The summed E-state index contributed by atoms with van der Waals surface area (Å²) in [7, 11) is 0. The van der Waals surface area contributed by atoms with E-state index >= 15 is 0 Å². The lowest BCUT2D eigenvalue weighted by atomic mass is 9.82. The summed E-state index contributed by atoms with van der Waals surface area (Å²) in [5, 5.41) is 7.85. The quantitative estimate of drug-likeness (QED) is 0.533. The van der Waals surface area contributed by atoms with Gasteiger partial charge in [-0.05, 0) is 12.8 Å². The second-order valence-corrected chi connectivity index (χ2v) is 4.64. The van der Waals surface area contributed by atoms with E-state index in [0.29, 0.717) is 0 Å². The van der Waals surface area contributed by atoms with Crippen LogP contribution in [0.2, 0.25) is 0 Å². The first kappa shape index (κ1) is 7.77. The predicted molar refractivity (Wildman–Crippen MR) is 44.5 cm³/mol. The van der Waals surface area contributed by atoms with Crippen molar-refractivity contribution in [2.75, 3.05) is 0 Å². The van der Waals surface area contributed by atoms with Gasteiger partial charge in [0.25, 0.3) is 0 Å². The number of nitrogens with one attached hydrogen (secondary N) is 1. The summed E-state index contributed by atoms with van der Waals surface area (Å²) in [6.45, 7) is 8.68. The molecule has 1 aliphatic carbocycles. The van der Waals surface area contributed by atoms with Gasteiger partial charge in [0.15, 0.2) is 0 Å². The van der Waals surface area contributed by atoms with E-state index in [1.807, 2.05) is 0 Å². The molecule has 10 heavy (non-hydrogen) atoms. The summed E-state index contributed by atoms with van der Waals surface area (Å²) >= 11 is 0.